The van der Waals surface area contributed by atoms with E-state index in [1.165, 1.54) is 11.3 Å². The minimum Gasteiger partial charge on any atom is -0.370 e. The van der Waals surface area contributed by atoms with Crippen LogP contribution in [0, 0.1) is 0 Å². The Morgan fingerprint density at radius 1 is 1.17 bits per heavy atom. The van der Waals surface area contributed by atoms with Gasteiger partial charge in [-0.25, -0.2) is 0 Å². The number of hydrogen-bond donors (Lipinski definition) is 1. The molecule has 18 heavy (non-hydrogen) atoms. The topological polar surface area (TPSA) is 32.3 Å². The minimum absolute atomic E-state index is 0.185. The molecule has 1 aromatic carbocycles. The fourth-order valence-corrected chi connectivity index (χ4v) is 2.29. The van der Waals surface area contributed by atoms with E-state index in [1.54, 1.807) is 0 Å². The lowest BCUT2D eigenvalue weighted by atomic mass is 10.0. The van der Waals surface area contributed by atoms with Crippen LogP contribution in [-0.2, 0) is 4.79 Å². The zero-order chi connectivity index (χ0) is 13.0. The van der Waals surface area contributed by atoms with Crippen LogP contribution >= 0.6 is 0 Å². The van der Waals surface area contributed by atoms with Crippen molar-refractivity contribution in [1.29, 1.82) is 0 Å². The molecule has 0 unspecified atom stereocenters. The Labute approximate surface area is 109 Å². The summed E-state index contributed by atoms with van der Waals surface area (Å²) in [6, 6.07) is 8.80. The third-order valence-corrected chi connectivity index (χ3v) is 3.46. The zero-order valence-corrected chi connectivity index (χ0v) is 11.3. The van der Waals surface area contributed by atoms with Crippen molar-refractivity contribution in [3.63, 3.8) is 0 Å². The Morgan fingerprint density at radius 3 is 2.56 bits per heavy atom. The molecule has 1 saturated heterocycles. The molecule has 2 rings (SSSR count). The molecule has 1 heterocycles. The molecular weight excluding hydrogens is 224 g/mol. The maximum atomic E-state index is 11.3. The van der Waals surface area contributed by atoms with Gasteiger partial charge in [0.05, 0.1) is 0 Å². The monoisotopic (exact) mass is 246 g/mol. The van der Waals surface area contributed by atoms with Gasteiger partial charge < -0.3 is 10.2 Å². The van der Waals surface area contributed by atoms with Gasteiger partial charge in [-0.15, -0.1) is 0 Å². The Kier molecular flexibility index (Phi) is 4.24. The second kappa shape index (κ2) is 5.89. The van der Waals surface area contributed by atoms with Crippen LogP contribution in [-0.4, -0.2) is 25.5 Å². The fourth-order valence-electron chi connectivity index (χ4n) is 2.29. The number of benzene rings is 1. The second-order valence-corrected chi connectivity index (χ2v) is 5.19. The molecule has 1 aliphatic rings. The van der Waals surface area contributed by atoms with E-state index >= 15 is 0 Å². The van der Waals surface area contributed by atoms with Crippen molar-refractivity contribution in [2.24, 2.45) is 0 Å². The van der Waals surface area contributed by atoms with Crippen molar-refractivity contribution in [3.05, 3.63) is 29.8 Å². The molecule has 0 bridgehead atoms. The van der Waals surface area contributed by atoms with E-state index in [2.05, 4.69) is 48.3 Å². The maximum Gasteiger partial charge on any atom is 0.220 e. The number of rotatable bonds is 2. The van der Waals surface area contributed by atoms with Crippen LogP contribution in [0.25, 0.3) is 0 Å². The van der Waals surface area contributed by atoms with Gasteiger partial charge in [0.2, 0.25) is 5.91 Å². The van der Waals surface area contributed by atoms with Crippen LogP contribution < -0.4 is 10.2 Å². The molecule has 0 aliphatic carbocycles. The van der Waals surface area contributed by atoms with Crippen molar-refractivity contribution in [2.75, 3.05) is 24.5 Å². The van der Waals surface area contributed by atoms with Crippen molar-refractivity contribution in [2.45, 2.75) is 32.6 Å². The smallest absolute Gasteiger partial charge is 0.220 e. The summed E-state index contributed by atoms with van der Waals surface area (Å²) in [5, 5.41) is 2.93. The number of carbonyl (C=O) groups excluding carboxylic acids is 1. The average molecular weight is 246 g/mol. The van der Waals surface area contributed by atoms with Gasteiger partial charge in [-0.3, -0.25) is 4.79 Å². The van der Waals surface area contributed by atoms with Crippen LogP contribution in [0.5, 0.6) is 0 Å². The highest BCUT2D eigenvalue weighted by molar-refractivity contribution is 5.76. The quantitative estimate of drug-likeness (QED) is 0.869. The molecule has 0 aromatic heterocycles. The molecule has 98 valence electrons. The standard InChI is InChI=1S/C15H22N2O/c1-12(2)13-5-7-14(8-6-13)17-10-3-4-15(18)16-9-11-17/h5-8,12H,3-4,9-11H2,1-2H3,(H,16,18). The summed E-state index contributed by atoms with van der Waals surface area (Å²) in [6.07, 6.45) is 1.57. The Balaban J connectivity index is 2.03. The first kappa shape index (κ1) is 12.9. The van der Waals surface area contributed by atoms with E-state index in [4.69, 9.17) is 0 Å². The summed E-state index contributed by atoms with van der Waals surface area (Å²) in [6.45, 7) is 7.02. The Morgan fingerprint density at radius 2 is 1.89 bits per heavy atom. The lowest BCUT2D eigenvalue weighted by molar-refractivity contribution is -0.121. The van der Waals surface area contributed by atoms with Crippen LogP contribution in [0.1, 0.15) is 38.2 Å². The number of amides is 1. The van der Waals surface area contributed by atoms with Crippen molar-refractivity contribution in [3.8, 4) is 0 Å². The molecule has 0 radical (unpaired) electrons. The molecule has 1 aromatic rings. The van der Waals surface area contributed by atoms with E-state index in [9.17, 15) is 4.79 Å². The number of nitrogens with zero attached hydrogens (tertiary/aromatic N) is 1. The fraction of sp³-hybridized carbons (Fsp3) is 0.533. The molecule has 1 amide bonds. The van der Waals surface area contributed by atoms with Crippen LogP contribution in [0.3, 0.4) is 0 Å². The van der Waals surface area contributed by atoms with Gasteiger partial charge in [-0.05, 0) is 30.0 Å². The summed E-state index contributed by atoms with van der Waals surface area (Å²) in [5.74, 6) is 0.760. The first-order valence-corrected chi connectivity index (χ1v) is 6.78. The highest BCUT2D eigenvalue weighted by atomic mass is 16.1. The van der Waals surface area contributed by atoms with Gasteiger partial charge in [0, 0.05) is 31.7 Å². The molecule has 3 heteroatoms. The molecule has 3 nitrogen and oxygen atoms in total. The molecule has 1 aliphatic heterocycles. The van der Waals surface area contributed by atoms with E-state index < -0.39 is 0 Å². The zero-order valence-electron chi connectivity index (χ0n) is 11.3. The molecule has 0 atom stereocenters. The lowest BCUT2D eigenvalue weighted by Gasteiger charge is -2.27. The maximum absolute atomic E-state index is 11.3. The van der Waals surface area contributed by atoms with Crippen molar-refractivity contribution >= 4 is 11.6 Å². The average Bonchev–Trinajstić information content (AvgIpc) is 2.34. The highest BCUT2D eigenvalue weighted by Gasteiger charge is 2.12. The van der Waals surface area contributed by atoms with Crippen molar-refractivity contribution in [1.82, 2.24) is 5.32 Å². The summed E-state index contributed by atoms with van der Waals surface area (Å²) in [5.41, 5.74) is 2.63. The first-order valence-electron chi connectivity index (χ1n) is 6.78. The second-order valence-electron chi connectivity index (χ2n) is 5.19. The number of carbonyl (C=O) groups is 1. The van der Waals surface area contributed by atoms with Crippen LogP contribution in [0.2, 0.25) is 0 Å². The van der Waals surface area contributed by atoms with Gasteiger partial charge in [0.25, 0.3) is 0 Å². The predicted octanol–water partition coefficient (Wildman–Crippen LogP) is 2.53. The lowest BCUT2D eigenvalue weighted by Crippen LogP contribution is -2.38. The number of hydrogen-bond acceptors (Lipinski definition) is 2. The van der Waals surface area contributed by atoms with Gasteiger partial charge in [-0.1, -0.05) is 26.0 Å². The molecular formula is C15H22N2O. The minimum atomic E-state index is 0.185. The summed E-state index contributed by atoms with van der Waals surface area (Å²) < 4.78 is 0. The Hall–Kier alpha value is -1.51. The van der Waals surface area contributed by atoms with E-state index in [-0.39, 0.29) is 5.91 Å². The predicted molar refractivity (Wildman–Crippen MR) is 75.0 cm³/mol. The van der Waals surface area contributed by atoms with Gasteiger partial charge in [-0.2, -0.15) is 0 Å². The SMILES string of the molecule is CC(C)c1ccc(N2CCCC(=O)NCC2)cc1. The third-order valence-electron chi connectivity index (χ3n) is 3.46. The first-order chi connectivity index (χ1) is 8.66. The van der Waals surface area contributed by atoms with Crippen molar-refractivity contribution < 1.29 is 4.79 Å². The normalized spacial score (nSPS) is 17.3. The third kappa shape index (κ3) is 3.25. The Bertz CT molecular complexity index is 385. The van der Waals surface area contributed by atoms with Crippen LogP contribution in [0.15, 0.2) is 24.3 Å². The van der Waals surface area contributed by atoms with Gasteiger partial charge in [0.1, 0.15) is 0 Å². The highest BCUT2D eigenvalue weighted by Crippen LogP contribution is 2.20. The summed E-state index contributed by atoms with van der Waals surface area (Å²) in [4.78, 5) is 13.6. The number of nitrogens with one attached hydrogen (secondary N) is 1. The van der Waals surface area contributed by atoms with Gasteiger partial charge >= 0.3 is 0 Å². The molecule has 1 fully saturated rings. The molecule has 0 saturated carbocycles. The number of anilines is 1. The van der Waals surface area contributed by atoms with Crippen LogP contribution in [0.4, 0.5) is 5.69 Å². The largest absolute Gasteiger partial charge is 0.370 e. The summed E-state index contributed by atoms with van der Waals surface area (Å²) >= 11 is 0. The summed E-state index contributed by atoms with van der Waals surface area (Å²) in [7, 11) is 0. The van der Waals surface area contributed by atoms with E-state index in [0.29, 0.717) is 12.3 Å². The van der Waals surface area contributed by atoms with E-state index in [1.807, 2.05) is 0 Å². The molecule has 0 spiro atoms. The van der Waals surface area contributed by atoms with Gasteiger partial charge in [0.15, 0.2) is 0 Å². The molecule has 1 N–H and O–H groups in total. The van der Waals surface area contributed by atoms with E-state index in [0.717, 1.165) is 26.1 Å².